The summed E-state index contributed by atoms with van der Waals surface area (Å²) in [4.78, 5) is 26.1. The molecule has 1 atom stereocenters. The molecule has 3 rings (SSSR count). The van der Waals surface area contributed by atoms with Gasteiger partial charge in [-0.3, -0.25) is 14.5 Å². The van der Waals surface area contributed by atoms with Crippen LogP contribution in [0.2, 0.25) is 0 Å². The fraction of sp³-hybridized carbons (Fsp3) is 0.391. The van der Waals surface area contributed by atoms with E-state index in [2.05, 4.69) is 27.7 Å². The molecule has 172 valence electrons. The topological polar surface area (TPSA) is 98.8 Å². The summed E-state index contributed by atoms with van der Waals surface area (Å²) in [6, 6.07) is 16.0. The van der Waals surface area contributed by atoms with Gasteiger partial charge in [-0.1, -0.05) is 30.3 Å². The van der Waals surface area contributed by atoms with E-state index < -0.39 is 10.0 Å². The number of nitrogens with one attached hydrogen (secondary N) is 2. The summed E-state index contributed by atoms with van der Waals surface area (Å²) in [5.41, 5.74) is 1.64. The zero-order chi connectivity index (χ0) is 23.1. The van der Waals surface area contributed by atoms with Crippen molar-refractivity contribution in [3.63, 3.8) is 0 Å². The molecule has 8 nitrogen and oxygen atoms in total. The molecule has 2 aromatic rings. The molecule has 1 heterocycles. The van der Waals surface area contributed by atoms with E-state index in [4.69, 9.17) is 0 Å². The number of likely N-dealkylation sites (tertiary alicyclic amines) is 1. The zero-order valence-electron chi connectivity index (χ0n) is 18.5. The van der Waals surface area contributed by atoms with E-state index in [0.717, 1.165) is 35.8 Å². The highest BCUT2D eigenvalue weighted by atomic mass is 32.2. The summed E-state index contributed by atoms with van der Waals surface area (Å²) in [5.74, 6) is -0.594. The molecule has 0 bridgehead atoms. The lowest BCUT2D eigenvalue weighted by molar-refractivity contribution is -0.121. The summed E-state index contributed by atoms with van der Waals surface area (Å²) >= 11 is 0. The van der Waals surface area contributed by atoms with Crippen LogP contribution in [0, 0.1) is 0 Å². The smallest absolute Gasteiger partial charge is 0.243 e. The second-order valence-corrected chi connectivity index (χ2v) is 9.99. The maximum Gasteiger partial charge on any atom is 0.243 e. The third-order valence-corrected chi connectivity index (χ3v) is 7.33. The molecule has 1 aliphatic rings. The van der Waals surface area contributed by atoms with Crippen LogP contribution in [0.4, 0.5) is 5.69 Å². The van der Waals surface area contributed by atoms with Crippen LogP contribution >= 0.6 is 0 Å². The molecule has 0 radical (unpaired) electrons. The molecule has 0 aliphatic carbocycles. The number of benzene rings is 2. The van der Waals surface area contributed by atoms with E-state index in [-0.39, 0.29) is 29.3 Å². The number of hydrogen-bond acceptors (Lipinski definition) is 5. The number of carbonyl (C=O) groups excluding carboxylic acids is 2. The largest absolute Gasteiger partial charge is 0.353 e. The average Bonchev–Trinajstić information content (AvgIpc) is 3.29. The number of hydrogen-bond donors (Lipinski definition) is 2. The van der Waals surface area contributed by atoms with Gasteiger partial charge < -0.3 is 10.6 Å². The van der Waals surface area contributed by atoms with Crippen molar-refractivity contribution >= 4 is 27.5 Å². The molecule has 2 aromatic carbocycles. The average molecular weight is 459 g/mol. The molecule has 1 saturated heterocycles. The highest BCUT2D eigenvalue weighted by Crippen LogP contribution is 2.24. The van der Waals surface area contributed by atoms with E-state index in [9.17, 15) is 18.0 Å². The normalized spacial score (nSPS) is 15.5. The van der Waals surface area contributed by atoms with Gasteiger partial charge in [-0.05, 0) is 55.8 Å². The standard InChI is InChI=1S/C23H30N4O4S/c1-18(28)25-20-10-12-21(13-11-20)32(30,31)26(2)17-23(29)24-16-22(27-14-6-7-15-27)19-8-4-3-5-9-19/h3-5,8-13,22H,6-7,14-17H2,1-2H3,(H,24,29)(H,25,28). The predicted octanol–water partition coefficient (Wildman–Crippen LogP) is 2.22. The van der Waals surface area contributed by atoms with Crippen molar-refractivity contribution in [3.8, 4) is 0 Å². The predicted molar refractivity (Wildman–Crippen MR) is 124 cm³/mol. The second-order valence-electron chi connectivity index (χ2n) is 7.94. The molecule has 1 aliphatic heterocycles. The number of nitrogens with zero attached hydrogens (tertiary/aromatic N) is 2. The minimum Gasteiger partial charge on any atom is -0.353 e. The van der Waals surface area contributed by atoms with Gasteiger partial charge in [-0.25, -0.2) is 8.42 Å². The van der Waals surface area contributed by atoms with E-state index in [1.54, 1.807) is 0 Å². The Morgan fingerprint density at radius 3 is 2.25 bits per heavy atom. The van der Waals surface area contributed by atoms with Crippen molar-refractivity contribution in [1.82, 2.24) is 14.5 Å². The maximum atomic E-state index is 12.8. The van der Waals surface area contributed by atoms with Gasteiger partial charge in [-0.15, -0.1) is 0 Å². The lowest BCUT2D eigenvalue weighted by Crippen LogP contribution is -2.42. The van der Waals surface area contributed by atoms with E-state index in [1.165, 1.54) is 38.2 Å². The molecule has 0 saturated carbocycles. The fourth-order valence-corrected chi connectivity index (χ4v) is 4.96. The van der Waals surface area contributed by atoms with E-state index in [1.807, 2.05) is 18.2 Å². The Kier molecular flexibility index (Phi) is 8.00. The Morgan fingerprint density at radius 2 is 1.66 bits per heavy atom. The Hall–Kier alpha value is -2.75. The minimum absolute atomic E-state index is 0.0566. The molecular formula is C23H30N4O4S. The maximum absolute atomic E-state index is 12.8. The molecule has 1 fully saturated rings. The first-order valence-corrected chi connectivity index (χ1v) is 12.1. The van der Waals surface area contributed by atoms with Crippen molar-refractivity contribution in [3.05, 3.63) is 60.2 Å². The summed E-state index contributed by atoms with van der Waals surface area (Å²) in [7, 11) is -2.46. The fourth-order valence-electron chi connectivity index (χ4n) is 3.83. The highest BCUT2D eigenvalue weighted by Gasteiger charge is 2.26. The number of carbonyl (C=O) groups is 2. The first-order valence-electron chi connectivity index (χ1n) is 10.7. The van der Waals surface area contributed by atoms with Gasteiger partial charge in [0.2, 0.25) is 21.8 Å². The van der Waals surface area contributed by atoms with Crippen LogP contribution in [-0.2, 0) is 19.6 Å². The number of rotatable bonds is 9. The first kappa shape index (κ1) is 23.9. The lowest BCUT2D eigenvalue weighted by Gasteiger charge is -2.28. The highest BCUT2D eigenvalue weighted by molar-refractivity contribution is 7.89. The van der Waals surface area contributed by atoms with E-state index in [0.29, 0.717) is 12.2 Å². The third kappa shape index (κ3) is 6.15. The van der Waals surface area contributed by atoms with Crippen molar-refractivity contribution in [2.45, 2.75) is 30.7 Å². The van der Waals surface area contributed by atoms with Gasteiger partial charge in [0.15, 0.2) is 0 Å². The molecule has 0 spiro atoms. The number of anilines is 1. The van der Waals surface area contributed by atoms with Gasteiger partial charge in [0.05, 0.1) is 17.5 Å². The number of likely N-dealkylation sites (N-methyl/N-ethyl adjacent to an activating group) is 1. The SMILES string of the molecule is CC(=O)Nc1ccc(S(=O)(=O)N(C)CC(=O)NCC(c2ccccc2)N2CCCC2)cc1. The van der Waals surface area contributed by atoms with Crippen LogP contribution in [0.1, 0.15) is 31.4 Å². The van der Waals surface area contributed by atoms with E-state index >= 15 is 0 Å². The Labute approximate surface area is 189 Å². The van der Waals surface area contributed by atoms with Crippen molar-refractivity contribution < 1.29 is 18.0 Å². The van der Waals surface area contributed by atoms with Crippen LogP contribution < -0.4 is 10.6 Å². The summed E-state index contributed by atoms with van der Waals surface area (Å²) in [6.07, 6.45) is 2.28. The zero-order valence-corrected chi connectivity index (χ0v) is 19.3. The summed E-state index contributed by atoms with van der Waals surface area (Å²) < 4.78 is 26.7. The second kappa shape index (κ2) is 10.7. The lowest BCUT2D eigenvalue weighted by atomic mass is 10.1. The Bertz CT molecular complexity index is 1020. The van der Waals surface area contributed by atoms with Crippen molar-refractivity contribution in [1.29, 1.82) is 0 Å². The van der Waals surface area contributed by atoms with Gasteiger partial charge >= 0.3 is 0 Å². The summed E-state index contributed by atoms with van der Waals surface area (Å²) in [6.45, 7) is 3.49. The van der Waals surface area contributed by atoms with Crippen LogP contribution in [0.25, 0.3) is 0 Å². The first-order chi connectivity index (χ1) is 15.3. The van der Waals surface area contributed by atoms with Gasteiger partial charge in [-0.2, -0.15) is 4.31 Å². The summed E-state index contributed by atoms with van der Waals surface area (Å²) in [5, 5.41) is 5.50. The Balaban J connectivity index is 1.61. The van der Waals surface area contributed by atoms with Crippen molar-refractivity contribution in [2.75, 3.05) is 38.5 Å². The molecular weight excluding hydrogens is 428 g/mol. The van der Waals surface area contributed by atoms with Crippen LogP contribution in [0.5, 0.6) is 0 Å². The molecule has 9 heteroatoms. The van der Waals surface area contributed by atoms with Crippen LogP contribution in [0.15, 0.2) is 59.5 Å². The molecule has 2 amide bonds. The monoisotopic (exact) mass is 458 g/mol. The van der Waals surface area contributed by atoms with Crippen LogP contribution in [0.3, 0.4) is 0 Å². The molecule has 2 N–H and O–H groups in total. The van der Waals surface area contributed by atoms with Gasteiger partial charge in [0.1, 0.15) is 0 Å². The quantitative estimate of drug-likeness (QED) is 0.600. The molecule has 1 unspecified atom stereocenters. The Morgan fingerprint density at radius 1 is 1.03 bits per heavy atom. The number of sulfonamides is 1. The molecule has 0 aromatic heterocycles. The van der Waals surface area contributed by atoms with Crippen molar-refractivity contribution in [2.24, 2.45) is 0 Å². The third-order valence-electron chi connectivity index (χ3n) is 5.51. The number of amides is 2. The van der Waals surface area contributed by atoms with Crippen LogP contribution in [-0.4, -0.2) is 62.7 Å². The minimum atomic E-state index is -3.84. The van der Waals surface area contributed by atoms with Gasteiger partial charge in [0.25, 0.3) is 0 Å². The molecule has 32 heavy (non-hydrogen) atoms. The van der Waals surface area contributed by atoms with Gasteiger partial charge in [0, 0.05) is 26.2 Å².